The third-order valence-corrected chi connectivity index (χ3v) is 8.57. The number of nitrogens with one attached hydrogen (secondary N) is 1. The lowest BCUT2D eigenvalue weighted by molar-refractivity contribution is -0.161. The summed E-state index contributed by atoms with van der Waals surface area (Å²) in [7, 11) is 0. The molecule has 1 atom stereocenters. The predicted octanol–water partition coefficient (Wildman–Crippen LogP) is 8.40. The van der Waals surface area contributed by atoms with Gasteiger partial charge in [0, 0.05) is 41.3 Å². The average Bonchev–Trinajstić information content (AvgIpc) is 3.48. The number of alkyl halides is 6. The summed E-state index contributed by atoms with van der Waals surface area (Å²) >= 11 is 6.16. The smallest absolute Gasteiger partial charge is 0.378 e. The molecule has 276 valence electrons. The van der Waals surface area contributed by atoms with Crippen LogP contribution in [0.25, 0.3) is 28.1 Å². The van der Waals surface area contributed by atoms with Gasteiger partial charge in [0.05, 0.1) is 49.3 Å². The van der Waals surface area contributed by atoms with Gasteiger partial charge < -0.3 is 25.1 Å². The molecular formula is C38H37ClF6N4O3. The van der Waals surface area contributed by atoms with E-state index in [9.17, 15) is 31.1 Å². The lowest BCUT2D eigenvalue weighted by Gasteiger charge is -2.25. The van der Waals surface area contributed by atoms with E-state index < -0.39 is 30.3 Å². The summed E-state index contributed by atoms with van der Waals surface area (Å²) in [5.41, 5.74) is 7.74. The molecule has 7 nitrogen and oxygen atoms in total. The van der Waals surface area contributed by atoms with Crippen LogP contribution in [-0.4, -0.2) is 67.3 Å². The van der Waals surface area contributed by atoms with Crippen molar-refractivity contribution in [3.63, 3.8) is 0 Å². The van der Waals surface area contributed by atoms with E-state index in [1.807, 2.05) is 31.2 Å². The first-order valence-electron chi connectivity index (χ1n) is 16.5. The quantitative estimate of drug-likeness (QED) is 0.1000. The summed E-state index contributed by atoms with van der Waals surface area (Å²) in [5.74, 6) is -2.76. The Morgan fingerprint density at radius 2 is 1.54 bits per heavy atom. The zero-order valence-electron chi connectivity index (χ0n) is 28.2. The monoisotopic (exact) mass is 746 g/mol. The normalized spacial score (nSPS) is 15.0. The zero-order valence-corrected chi connectivity index (χ0v) is 28.9. The van der Waals surface area contributed by atoms with E-state index in [1.165, 1.54) is 0 Å². The number of aromatic nitrogens is 2. The van der Waals surface area contributed by atoms with Gasteiger partial charge in [0.15, 0.2) is 0 Å². The van der Waals surface area contributed by atoms with Gasteiger partial charge in [0.2, 0.25) is 0 Å². The molecule has 0 fully saturated rings. The maximum atomic E-state index is 14.1. The van der Waals surface area contributed by atoms with Crippen molar-refractivity contribution in [1.29, 1.82) is 0 Å². The third-order valence-electron chi connectivity index (χ3n) is 8.32. The number of carbonyl (C=O) groups is 1. The van der Waals surface area contributed by atoms with Crippen LogP contribution in [0.1, 0.15) is 33.7 Å². The van der Waals surface area contributed by atoms with Crippen molar-refractivity contribution in [1.82, 2.24) is 14.9 Å². The largest absolute Gasteiger partial charge is 0.416 e. The van der Waals surface area contributed by atoms with E-state index in [0.717, 1.165) is 11.6 Å². The molecule has 5 rings (SSSR count). The van der Waals surface area contributed by atoms with Crippen LogP contribution in [0, 0.1) is 12.8 Å². The lowest BCUT2D eigenvalue weighted by atomic mass is 9.89. The van der Waals surface area contributed by atoms with Crippen LogP contribution in [-0.2, 0) is 16.0 Å². The molecule has 4 aromatic rings. The fraction of sp³-hybridized carbons (Fsp3) is 0.316. The summed E-state index contributed by atoms with van der Waals surface area (Å²) in [6.45, 7) is 4.02. The number of hydrogen-bond donors (Lipinski definition) is 2. The minimum absolute atomic E-state index is 0.0141. The highest BCUT2D eigenvalue weighted by molar-refractivity contribution is 6.30. The van der Waals surface area contributed by atoms with Crippen LogP contribution in [0.4, 0.5) is 26.3 Å². The lowest BCUT2D eigenvalue weighted by Crippen LogP contribution is -2.27. The molecule has 14 heteroatoms. The molecule has 1 unspecified atom stereocenters. The van der Waals surface area contributed by atoms with E-state index in [-0.39, 0.29) is 43.1 Å². The highest BCUT2D eigenvalue weighted by Crippen LogP contribution is 2.45. The van der Waals surface area contributed by atoms with Crippen molar-refractivity contribution in [2.75, 3.05) is 39.5 Å². The molecule has 3 N–H and O–H groups in total. The number of carbonyl (C=O) groups excluding carboxylic acids is 1. The summed E-state index contributed by atoms with van der Waals surface area (Å²) in [5, 5.41) is 3.21. The standard InChI is InChI=1S/C38H37ClF6N4O3/c1-24-2-6-27(7-3-24)34-33(26-10-12-32(39)13-11-26)48-35(29-20-30(37(40,41)42)22-31(21-29)38(43,44)45)49(34)23-25-4-8-28(9-5-25)36(50)47-15-17-52-19-18-51-16-14-46/h2-13,20,22,31H,14-19,21,23,46H2,1H3,(H,47,50). The first kappa shape index (κ1) is 38.8. The van der Waals surface area contributed by atoms with Gasteiger partial charge in [-0.2, -0.15) is 26.3 Å². The van der Waals surface area contributed by atoms with Gasteiger partial charge >= 0.3 is 12.4 Å². The number of amides is 1. The number of aryl methyl sites for hydroxylation is 1. The first-order valence-corrected chi connectivity index (χ1v) is 16.8. The topological polar surface area (TPSA) is 91.4 Å². The Bertz CT molecular complexity index is 1880. The highest BCUT2D eigenvalue weighted by Gasteiger charge is 2.45. The van der Waals surface area contributed by atoms with Crippen molar-refractivity contribution in [3.8, 4) is 22.5 Å². The van der Waals surface area contributed by atoms with Crippen molar-refractivity contribution < 1.29 is 40.6 Å². The summed E-state index contributed by atoms with van der Waals surface area (Å²) < 4.78 is 96.6. The van der Waals surface area contributed by atoms with Crippen LogP contribution in [0.2, 0.25) is 5.02 Å². The minimum atomic E-state index is -5.02. The van der Waals surface area contributed by atoms with Crippen molar-refractivity contribution in [2.45, 2.75) is 32.2 Å². The molecule has 0 saturated carbocycles. The number of nitrogens with zero attached hydrogens (tertiary/aromatic N) is 2. The molecule has 0 radical (unpaired) electrons. The molecule has 0 bridgehead atoms. The van der Waals surface area contributed by atoms with E-state index in [1.54, 1.807) is 53.1 Å². The van der Waals surface area contributed by atoms with Gasteiger partial charge in [-0.25, -0.2) is 4.98 Å². The second kappa shape index (κ2) is 16.9. The van der Waals surface area contributed by atoms with Crippen LogP contribution in [0.3, 0.4) is 0 Å². The molecule has 1 aliphatic rings. The van der Waals surface area contributed by atoms with Gasteiger partial charge in [-0.1, -0.05) is 71.8 Å². The number of allylic oxidation sites excluding steroid dienone is 4. The molecule has 0 aliphatic heterocycles. The number of benzene rings is 3. The van der Waals surface area contributed by atoms with Crippen molar-refractivity contribution >= 4 is 23.1 Å². The highest BCUT2D eigenvalue weighted by atomic mass is 35.5. The van der Waals surface area contributed by atoms with E-state index >= 15 is 0 Å². The Labute approximate surface area is 302 Å². The third kappa shape index (κ3) is 9.91. The number of rotatable bonds is 14. The number of hydrogen-bond acceptors (Lipinski definition) is 5. The van der Waals surface area contributed by atoms with Gasteiger partial charge in [0.1, 0.15) is 5.82 Å². The Morgan fingerprint density at radius 3 is 2.15 bits per heavy atom. The molecule has 0 saturated heterocycles. The molecule has 1 amide bonds. The molecule has 52 heavy (non-hydrogen) atoms. The molecule has 3 aromatic carbocycles. The molecule has 1 aliphatic carbocycles. The Kier molecular flexibility index (Phi) is 12.6. The molecule has 1 aromatic heterocycles. The van der Waals surface area contributed by atoms with Crippen LogP contribution in [0.5, 0.6) is 0 Å². The van der Waals surface area contributed by atoms with Gasteiger partial charge in [-0.15, -0.1) is 0 Å². The second-order valence-corrected chi connectivity index (χ2v) is 12.6. The van der Waals surface area contributed by atoms with E-state index in [0.29, 0.717) is 65.0 Å². The summed E-state index contributed by atoms with van der Waals surface area (Å²) in [6, 6.07) is 20.6. The Morgan fingerprint density at radius 1 is 0.904 bits per heavy atom. The van der Waals surface area contributed by atoms with Crippen molar-refractivity contribution in [2.24, 2.45) is 11.7 Å². The number of ether oxygens (including phenoxy) is 2. The minimum Gasteiger partial charge on any atom is -0.378 e. The fourth-order valence-corrected chi connectivity index (χ4v) is 5.83. The van der Waals surface area contributed by atoms with Crippen LogP contribution >= 0.6 is 11.6 Å². The van der Waals surface area contributed by atoms with E-state index in [2.05, 4.69) is 5.32 Å². The molecule has 0 spiro atoms. The summed E-state index contributed by atoms with van der Waals surface area (Å²) in [4.78, 5) is 17.6. The predicted molar refractivity (Wildman–Crippen MR) is 188 cm³/mol. The van der Waals surface area contributed by atoms with Gasteiger partial charge in [0.25, 0.3) is 5.91 Å². The first-order chi connectivity index (χ1) is 24.7. The van der Waals surface area contributed by atoms with Gasteiger partial charge in [-0.3, -0.25) is 4.79 Å². The van der Waals surface area contributed by atoms with Crippen molar-refractivity contribution in [3.05, 3.63) is 118 Å². The van der Waals surface area contributed by atoms with Crippen LogP contribution in [0.15, 0.2) is 90.5 Å². The van der Waals surface area contributed by atoms with Crippen LogP contribution < -0.4 is 11.1 Å². The maximum Gasteiger partial charge on any atom is 0.416 e. The van der Waals surface area contributed by atoms with Gasteiger partial charge in [-0.05, 0) is 54.8 Å². The Hall–Kier alpha value is -4.43. The number of halogens is 7. The zero-order chi connectivity index (χ0) is 37.5. The maximum absolute atomic E-state index is 14.1. The summed E-state index contributed by atoms with van der Waals surface area (Å²) in [6.07, 6.45) is -9.71. The van der Waals surface area contributed by atoms with E-state index in [4.69, 9.17) is 31.8 Å². The number of nitrogens with two attached hydrogens (primary N) is 1. The Balaban J connectivity index is 1.53. The molecular weight excluding hydrogens is 710 g/mol. The average molecular weight is 747 g/mol. The molecule has 1 heterocycles. The fourth-order valence-electron chi connectivity index (χ4n) is 5.70. The SMILES string of the molecule is Cc1ccc(-c2c(-c3ccc(Cl)cc3)nc(C3=CC(C(F)(F)F)=CC(C(F)(F)F)C3)n2Cc2ccc(C(=O)NCCOCCOCCN)cc2)cc1. The second-order valence-electron chi connectivity index (χ2n) is 12.2. The number of imidazole rings is 1.